The van der Waals surface area contributed by atoms with Gasteiger partial charge < -0.3 is 15.4 Å². The molecule has 0 atom stereocenters. The van der Waals surface area contributed by atoms with Gasteiger partial charge in [0.2, 0.25) is 0 Å². The van der Waals surface area contributed by atoms with E-state index >= 15 is 0 Å². The fourth-order valence-electron chi connectivity index (χ4n) is 4.90. The summed E-state index contributed by atoms with van der Waals surface area (Å²) in [5.74, 6) is -0.702. The average Bonchev–Trinajstić information content (AvgIpc) is 2.83. The van der Waals surface area contributed by atoms with Gasteiger partial charge in [-0.15, -0.1) is 0 Å². The molecule has 1 amide bonds. The van der Waals surface area contributed by atoms with Gasteiger partial charge in [0.1, 0.15) is 0 Å². The lowest BCUT2D eigenvalue weighted by Crippen LogP contribution is -2.34. The van der Waals surface area contributed by atoms with E-state index in [4.69, 9.17) is 4.74 Å². The van der Waals surface area contributed by atoms with Gasteiger partial charge in [0.25, 0.3) is 5.91 Å². The number of ether oxygens (including phenoxy) is 1. The fraction of sp³-hybridized carbons (Fsp3) is 0.355. The topological polar surface area (TPSA) is 67.4 Å². The average molecular weight is 485 g/mol. The van der Waals surface area contributed by atoms with Crippen LogP contribution in [0.3, 0.4) is 0 Å². The largest absolute Gasteiger partial charge is 0.465 e. The predicted octanol–water partition coefficient (Wildman–Crippen LogP) is 7.43. The Hall–Kier alpha value is -3.60. The highest BCUT2D eigenvalue weighted by molar-refractivity contribution is 6.07. The van der Waals surface area contributed by atoms with Crippen molar-refractivity contribution in [2.24, 2.45) is 0 Å². The Morgan fingerprint density at radius 1 is 0.750 bits per heavy atom. The van der Waals surface area contributed by atoms with E-state index in [2.05, 4.69) is 57.4 Å². The molecule has 0 radical (unpaired) electrons. The normalized spacial score (nSPS) is 15.5. The van der Waals surface area contributed by atoms with Crippen molar-refractivity contribution in [2.45, 2.75) is 65.2 Å². The number of aryl methyl sites for hydroxylation is 2. The fourth-order valence-corrected chi connectivity index (χ4v) is 4.90. The number of rotatable bonds is 5. The van der Waals surface area contributed by atoms with E-state index in [-0.39, 0.29) is 16.7 Å². The number of methoxy groups -OCH3 is 1. The third-order valence-corrected chi connectivity index (χ3v) is 7.47. The maximum Gasteiger partial charge on any atom is 0.337 e. The number of carbonyl (C=O) groups is 2. The zero-order chi connectivity index (χ0) is 26.3. The zero-order valence-electron chi connectivity index (χ0n) is 22.3. The molecule has 1 aliphatic carbocycles. The Labute approximate surface area is 214 Å². The van der Waals surface area contributed by atoms with Crippen LogP contribution in [0.15, 0.2) is 54.6 Å². The highest BCUT2D eigenvalue weighted by Crippen LogP contribution is 2.47. The summed E-state index contributed by atoms with van der Waals surface area (Å²) in [6.07, 6.45) is 2.28. The quantitative estimate of drug-likeness (QED) is 0.369. The second-order valence-corrected chi connectivity index (χ2v) is 11.2. The number of hydrogen-bond donors (Lipinski definition) is 2. The molecule has 3 aromatic carbocycles. The predicted molar refractivity (Wildman–Crippen MR) is 147 cm³/mol. The van der Waals surface area contributed by atoms with Crippen LogP contribution < -0.4 is 10.6 Å². The highest BCUT2D eigenvalue weighted by atomic mass is 16.5. The monoisotopic (exact) mass is 484 g/mol. The summed E-state index contributed by atoms with van der Waals surface area (Å²) in [6, 6.07) is 17.1. The molecule has 188 valence electrons. The molecule has 36 heavy (non-hydrogen) atoms. The van der Waals surface area contributed by atoms with Gasteiger partial charge in [-0.1, -0.05) is 51.5 Å². The van der Waals surface area contributed by atoms with Gasteiger partial charge in [-0.2, -0.15) is 0 Å². The Kier molecular flexibility index (Phi) is 6.70. The first-order valence-electron chi connectivity index (χ1n) is 12.4. The lowest BCUT2D eigenvalue weighted by molar-refractivity contribution is 0.0600. The Bertz CT molecular complexity index is 1320. The van der Waals surface area contributed by atoms with Crippen molar-refractivity contribution >= 4 is 28.9 Å². The summed E-state index contributed by atoms with van der Waals surface area (Å²) >= 11 is 0. The van der Waals surface area contributed by atoms with E-state index in [1.807, 2.05) is 25.1 Å². The van der Waals surface area contributed by atoms with Crippen LogP contribution in [0.25, 0.3) is 0 Å². The number of amides is 1. The van der Waals surface area contributed by atoms with E-state index in [0.717, 1.165) is 29.7 Å². The summed E-state index contributed by atoms with van der Waals surface area (Å²) in [4.78, 5) is 25.3. The molecule has 0 fully saturated rings. The van der Waals surface area contributed by atoms with Gasteiger partial charge >= 0.3 is 5.97 Å². The van der Waals surface area contributed by atoms with Gasteiger partial charge in [-0.05, 0) is 90.6 Å². The van der Waals surface area contributed by atoms with Crippen molar-refractivity contribution in [3.05, 3.63) is 88.0 Å². The van der Waals surface area contributed by atoms with Crippen LogP contribution in [0.5, 0.6) is 0 Å². The van der Waals surface area contributed by atoms with E-state index in [1.165, 1.54) is 18.2 Å². The lowest BCUT2D eigenvalue weighted by atomic mass is 9.63. The maximum atomic E-state index is 13.0. The molecule has 0 saturated heterocycles. The van der Waals surface area contributed by atoms with Gasteiger partial charge in [0, 0.05) is 11.3 Å². The van der Waals surface area contributed by atoms with E-state index in [0.29, 0.717) is 22.5 Å². The number of nitrogens with one attached hydrogen (secondary N) is 2. The molecule has 0 aromatic heterocycles. The molecule has 0 aliphatic heterocycles. The number of hydrogen-bond acceptors (Lipinski definition) is 4. The number of carbonyl (C=O) groups excluding carboxylic acids is 2. The molecule has 4 rings (SSSR count). The van der Waals surface area contributed by atoms with Crippen molar-refractivity contribution in [3.63, 3.8) is 0 Å². The molecule has 0 heterocycles. The second kappa shape index (κ2) is 9.45. The van der Waals surface area contributed by atoms with Crippen molar-refractivity contribution in [2.75, 3.05) is 17.7 Å². The molecule has 0 unspecified atom stereocenters. The molecular weight excluding hydrogens is 448 g/mol. The SMILES string of the molecule is COC(=O)c1ccc(Nc2cc3c(cc2C)C(C)(C)CCC3(C)C)c(NC(=O)c2ccc(C)cc2)c1. The third kappa shape index (κ3) is 5.01. The van der Waals surface area contributed by atoms with Crippen LogP contribution in [0.2, 0.25) is 0 Å². The van der Waals surface area contributed by atoms with Gasteiger partial charge in [-0.25, -0.2) is 4.79 Å². The van der Waals surface area contributed by atoms with Gasteiger partial charge in [0.15, 0.2) is 0 Å². The van der Waals surface area contributed by atoms with Crippen LogP contribution in [-0.4, -0.2) is 19.0 Å². The first kappa shape index (κ1) is 25.5. The van der Waals surface area contributed by atoms with Crippen LogP contribution in [0, 0.1) is 13.8 Å². The van der Waals surface area contributed by atoms with Crippen molar-refractivity contribution < 1.29 is 14.3 Å². The Balaban J connectivity index is 1.74. The molecule has 1 aliphatic rings. The summed E-state index contributed by atoms with van der Waals surface area (Å²) in [5, 5.41) is 6.53. The molecule has 2 N–H and O–H groups in total. The van der Waals surface area contributed by atoms with Gasteiger partial charge in [0.05, 0.1) is 24.0 Å². The maximum absolute atomic E-state index is 13.0. The van der Waals surface area contributed by atoms with Crippen molar-refractivity contribution in [3.8, 4) is 0 Å². The first-order chi connectivity index (χ1) is 16.9. The number of anilines is 3. The molecule has 5 heteroatoms. The minimum atomic E-state index is -0.457. The van der Waals surface area contributed by atoms with Crippen molar-refractivity contribution in [1.82, 2.24) is 0 Å². The number of fused-ring (bicyclic) bond motifs is 1. The summed E-state index contributed by atoms with van der Waals surface area (Å²) in [7, 11) is 1.35. The number of esters is 1. The minimum absolute atomic E-state index is 0.0756. The van der Waals surface area contributed by atoms with Crippen LogP contribution in [0.4, 0.5) is 17.1 Å². The zero-order valence-corrected chi connectivity index (χ0v) is 22.3. The standard InChI is InChI=1S/C31H36N2O3/c1-19-8-10-21(11-9-19)28(34)33-27-17-22(29(35)36-7)12-13-25(27)32-26-18-24-23(16-20(26)2)30(3,4)14-15-31(24,5)6/h8-13,16-18,32H,14-15H2,1-7H3,(H,33,34). The third-order valence-electron chi connectivity index (χ3n) is 7.47. The lowest BCUT2D eigenvalue weighted by Gasteiger charge is -2.42. The first-order valence-corrected chi connectivity index (χ1v) is 12.4. The molecule has 0 bridgehead atoms. The smallest absolute Gasteiger partial charge is 0.337 e. The van der Waals surface area contributed by atoms with E-state index in [9.17, 15) is 9.59 Å². The van der Waals surface area contributed by atoms with Crippen LogP contribution >= 0.6 is 0 Å². The summed E-state index contributed by atoms with van der Waals surface area (Å²) in [6.45, 7) is 13.3. The Morgan fingerprint density at radius 3 is 1.94 bits per heavy atom. The molecule has 5 nitrogen and oxygen atoms in total. The second-order valence-electron chi connectivity index (χ2n) is 11.2. The Morgan fingerprint density at radius 2 is 1.33 bits per heavy atom. The van der Waals surface area contributed by atoms with Gasteiger partial charge in [-0.3, -0.25) is 4.79 Å². The van der Waals surface area contributed by atoms with Crippen molar-refractivity contribution in [1.29, 1.82) is 0 Å². The number of benzene rings is 3. The molecule has 0 spiro atoms. The summed E-state index contributed by atoms with van der Waals surface area (Å²) in [5.41, 5.74) is 8.28. The molecule has 0 saturated carbocycles. The van der Waals surface area contributed by atoms with E-state index in [1.54, 1.807) is 24.3 Å². The summed E-state index contributed by atoms with van der Waals surface area (Å²) < 4.78 is 4.90. The van der Waals surface area contributed by atoms with Crippen LogP contribution in [-0.2, 0) is 15.6 Å². The minimum Gasteiger partial charge on any atom is -0.465 e. The van der Waals surface area contributed by atoms with Crippen LogP contribution in [0.1, 0.15) is 83.5 Å². The van der Waals surface area contributed by atoms with E-state index < -0.39 is 5.97 Å². The molecule has 3 aromatic rings. The molecular formula is C31H36N2O3. The highest BCUT2D eigenvalue weighted by Gasteiger charge is 2.37.